The number of rotatable bonds is 3. The summed E-state index contributed by atoms with van der Waals surface area (Å²) in [7, 11) is 0. The lowest BCUT2D eigenvalue weighted by atomic mass is 10.0. The lowest BCUT2D eigenvalue weighted by Gasteiger charge is -2.38. The molecule has 1 atom stereocenters. The van der Waals surface area contributed by atoms with Gasteiger partial charge in [0.05, 0.1) is 5.56 Å². The molecule has 3 heteroatoms. The third kappa shape index (κ3) is 2.65. The number of amides is 1. The van der Waals surface area contributed by atoms with Crippen molar-refractivity contribution >= 4 is 17.3 Å². The monoisotopic (exact) mass is 314 g/mol. The van der Waals surface area contributed by atoms with Gasteiger partial charge in [0.15, 0.2) is 0 Å². The van der Waals surface area contributed by atoms with Crippen LogP contribution in [0, 0.1) is 0 Å². The van der Waals surface area contributed by atoms with Gasteiger partial charge in [-0.05, 0) is 29.8 Å². The van der Waals surface area contributed by atoms with E-state index in [0.29, 0.717) is 5.56 Å². The fraction of sp³-hybridized carbons (Fsp3) is 0.0952. The highest BCUT2D eigenvalue weighted by Crippen LogP contribution is 2.30. The second kappa shape index (κ2) is 6.20. The van der Waals surface area contributed by atoms with Crippen LogP contribution in [0.15, 0.2) is 84.9 Å². The smallest absolute Gasteiger partial charge is 0.262 e. The van der Waals surface area contributed by atoms with Crippen molar-refractivity contribution in [2.75, 3.05) is 10.2 Å². The Balaban J connectivity index is 1.76. The van der Waals surface area contributed by atoms with Gasteiger partial charge >= 0.3 is 0 Å². The first kappa shape index (κ1) is 14.5. The number of fused-ring (bicyclic) bond motifs is 1. The molecular weight excluding hydrogens is 296 g/mol. The van der Waals surface area contributed by atoms with E-state index in [0.717, 1.165) is 17.8 Å². The normalized spacial score (nSPS) is 16.4. The molecule has 3 aromatic rings. The molecule has 118 valence electrons. The highest BCUT2D eigenvalue weighted by molar-refractivity contribution is 6.12. The number of carbonyl (C=O) groups excluding carboxylic acids is 1. The number of nitrogens with zero attached hydrogens (tertiary/aromatic N) is 1. The van der Waals surface area contributed by atoms with Gasteiger partial charge in [0.25, 0.3) is 5.91 Å². The Morgan fingerprint density at radius 2 is 1.42 bits per heavy atom. The molecule has 3 aromatic carbocycles. The number of carbonyl (C=O) groups is 1. The first-order valence-electron chi connectivity index (χ1n) is 8.11. The third-order valence-corrected chi connectivity index (χ3v) is 4.32. The minimum Gasteiger partial charge on any atom is -0.364 e. The largest absolute Gasteiger partial charge is 0.364 e. The molecule has 0 saturated carbocycles. The van der Waals surface area contributed by atoms with E-state index in [1.54, 1.807) is 0 Å². The van der Waals surface area contributed by atoms with Crippen molar-refractivity contribution in [3.05, 3.63) is 96.1 Å². The van der Waals surface area contributed by atoms with Crippen molar-refractivity contribution in [2.45, 2.75) is 12.6 Å². The number of nitrogens with one attached hydrogen (secondary N) is 1. The first-order valence-corrected chi connectivity index (χ1v) is 8.11. The fourth-order valence-electron chi connectivity index (χ4n) is 3.18. The summed E-state index contributed by atoms with van der Waals surface area (Å²) in [4.78, 5) is 15.0. The van der Waals surface area contributed by atoms with Crippen molar-refractivity contribution in [3.63, 3.8) is 0 Å². The van der Waals surface area contributed by atoms with E-state index < -0.39 is 0 Å². The van der Waals surface area contributed by atoms with Crippen LogP contribution in [0.3, 0.4) is 0 Å². The third-order valence-electron chi connectivity index (χ3n) is 4.32. The highest BCUT2D eigenvalue weighted by atomic mass is 16.2. The highest BCUT2D eigenvalue weighted by Gasteiger charge is 2.32. The topological polar surface area (TPSA) is 32.3 Å². The SMILES string of the molecule is O=C1c2ccccc2NC(Cc2ccccc2)N1c1ccccc1. The molecule has 0 spiro atoms. The standard InChI is InChI=1S/C21H18N2O/c24-21-18-13-7-8-14-19(18)22-20(15-16-9-3-1-4-10-16)23(21)17-11-5-2-6-12-17/h1-14,20,22H,15H2. The van der Waals surface area contributed by atoms with Crippen LogP contribution in [0.2, 0.25) is 0 Å². The molecule has 0 fully saturated rings. The van der Waals surface area contributed by atoms with Crippen LogP contribution < -0.4 is 10.2 Å². The van der Waals surface area contributed by atoms with E-state index in [-0.39, 0.29) is 12.1 Å². The average molecular weight is 314 g/mol. The number of hydrogen-bond acceptors (Lipinski definition) is 2. The summed E-state index contributed by atoms with van der Waals surface area (Å²) in [5.74, 6) is 0.0384. The van der Waals surface area contributed by atoms with Crippen LogP contribution in [-0.2, 0) is 6.42 Å². The van der Waals surface area contributed by atoms with Crippen molar-refractivity contribution < 1.29 is 4.79 Å². The molecule has 4 rings (SSSR count). The Morgan fingerprint density at radius 1 is 0.792 bits per heavy atom. The Bertz CT molecular complexity index is 846. The summed E-state index contributed by atoms with van der Waals surface area (Å²) in [6.07, 6.45) is 0.632. The van der Waals surface area contributed by atoms with E-state index in [1.807, 2.05) is 77.7 Å². The molecule has 1 unspecified atom stereocenters. The summed E-state index contributed by atoms with van der Waals surface area (Å²) in [5.41, 5.74) is 3.72. The van der Waals surface area contributed by atoms with Crippen LogP contribution >= 0.6 is 0 Å². The molecule has 0 aliphatic carbocycles. The zero-order valence-electron chi connectivity index (χ0n) is 13.2. The molecule has 0 aromatic heterocycles. The summed E-state index contributed by atoms with van der Waals surface area (Å²) in [6, 6.07) is 27.8. The van der Waals surface area contributed by atoms with E-state index in [4.69, 9.17) is 0 Å². The summed E-state index contributed by atoms with van der Waals surface area (Å²) >= 11 is 0. The van der Waals surface area contributed by atoms with Gasteiger partial charge in [-0.25, -0.2) is 0 Å². The number of anilines is 2. The van der Waals surface area contributed by atoms with Gasteiger partial charge in [-0.3, -0.25) is 9.69 Å². The van der Waals surface area contributed by atoms with Gasteiger partial charge in [-0.1, -0.05) is 60.7 Å². The lowest BCUT2D eigenvalue weighted by Crippen LogP contribution is -2.50. The average Bonchev–Trinajstić information content (AvgIpc) is 2.64. The summed E-state index contributed by atoms with van der Waals surface area (Å²) < 4.78 is 0. The molecular formula is C21H18N2O. The van der Waals surface area contributed by atoms with Gasteiger partial charge in [-0.15, -0.1) is 0 Å². The molecule has 24 heavy (non-hydrogen) atoms. The zero-order valence-corrected chi connectivity index (χ0v) is 13.2. The molecule has 0 radical (unpaired) electrons. The van der Waals surface area contributed by atoms with E-state index in [9.17, 15) is 4.79 Å². The molecule has 1 aliphatic heterocycles. The lowest BCUT2D eigenvalue weighted by molar-refractivity contribution is 0.0975. The Labute approximate surface area is 141 Å². The second-order valence-corrected chi connectivity index (χ2v) is 5.91. The number of para-hydroxylation sites is 2. The Kier molecular flexibility index (Phi) is 3.75. The molecule has 1 heterocycles. The van der Waals surface area contributed by atoms with Gasteiger partial charge < -0.3 is 5.32 Å². The number of hydrogen-bond donors (Lipinski definition) is 1. The van der Waals surface area contributed by atoms with Gasteiger partial charge in [-0.2, -0.15) is 0 Å². The minimum absolute atomic E-state index is 0.0384. The van der Waals surface area contributed by atoms with Crippen molar-refractivity contribution in [3.8, 4) is 0 Å². The molecule has 1 aliphatic rings. The van der Waals surface area contributed by atoms with Crippen molar-refractivity contribution in [2.24, 2.45) is 0 Å². The Morgan fingerprint density at radius 3 is 2.17 bits per heavy atom. The first-order chi connectivity index (χ1) is 11.8. The van der Waals surface area contributed by atoms with Crippen LogP contribution in [-0.4, -0.2) is 12.1 Å². The van der Waals surface area contributed by atoms with E-state index in [1.165, 1.54) is 5.56 Å². The van der Waals surface area contributed by atoms with Gasteiger partial charge in [0.1, 0.15) is 6.17 Å². The fourth-order valence-corrected chi connectivity index (χ4v) is 3.18. The predicted octanol–water partition coefficient (Wildman–Crippen LogP) is 4.33. The quantitative estimate of drug-likeness (QED) is 0.780. The van der Waals surface area contributed by atoms with E-state index in [2.05, 4.69) is 17.4 Å². The van der Waals surface area contributed by atoms with Crippen molar-refractivity contribution in [1.82, 2.24) is 0 Å². The molecule has 0 saturated heterocycles. The molecule has 0 bridgehead atoms. The minimum atomic E-state index is -0.114. The molecule has 1 N–H and O–H groups in total. The zero-order chi connectivity index (χ0) is 16.4. The van der Waals surface area contributed by atoms with Crippen LogP contribution in [0.25, 0.3) is 0 Å². The maximum atomic E-state index is 13.1. The summed E-state index contributed by atoms with van der Waals surface area (Å²) in [6.45, 7) is 0. The number of benzene rings is 3. The van der Waals surface area contributed by atoms with Gasteiger partial charge in [0.2, 0.25) is 0 Å². The van der Waals surface area contributed by atoms with E-state index >= 15 is 0 Å². The van der Waals surface area contributed by atoms with Crippen molar-refractivity contribution in [1.29, 1.82) is 0 Å². The maximum absolute atomic E-state index is 13.1. The van der Waals surface area contributed by atoms with Crippen LogP contribution in [0.4, 0.5) is 11.4 Å². The predicted molar refractivity (Wildman–Crippen MR) is 97.3 cm³/mol. The maximum Gasteiger partial charge on any atom is 0.262 e. The summed E-state index contributed by atoms with van der Waals surface area (Å²) in [5, 5.41) is 3.53. The van der Waals surface area contributed by atoms with Crippen LogP contribution in [0.5, 0.6) is 0 Å². The van der Waals surface area contributed by atoms with Gasteiger partial charge in [0, 0.05) is 17.8 Å². The molecule has 3 nitrogen and oxygen atoms in total. The Hall–Kier alpha value is -3.07. The second-order valence-electron chi connectivity index (χ2n) is 5.91. The van der Waals surface area contributed by atoms with Crippen LogP contribution in [0.1, 0.15) is 15.9 Å². The molecule has 1 amide bonds.